The number of nitrogens with zero attached hydrogens (tertiary/aromatic N) is 3. The minimum atomic E-state index is -0.361. The molecule has 0 spiro atoms. The highest BCUT2D eigenvalue weighted by molar-refractivity contribution is 6.06. The summed E-state index contributed by atoms with van der Waals surface area (Å²) in [6.07, 6.45) is 1.75. The van der Waals surface area contributed by atoms with E-state index in [4.69, 9.17) is 4.52 Å². The van der Waals surface area contributed by atoms with Crippen LogP contribution in [0.2, 0.25) is 0 Å². The number of aryl methyl sites for hydroxylation is 2. The van der Waals surface area contributed by atoms with Gasteiger partial charge in [0.2, 0.25) is 0 Å². The Morgan fingerprint density at radius 3 is 2.84 bits per heavy atom. The van der Waals surface area contributed by atoms with Crippen molar-refractivity contribution in [2.24, 2.45) is 0 Å². The normalized spacial score (nSPS) is 17.4. The molecule has 1 aliphatic rings. The second kappa shape index (κ2) is 5.95. The number of pyridine rings is 1. The summed E-state index contributed by atoms with van der Waals surface area (Å²) in [5.74, 6) is 0.267. The summed E-state index contributed by atoms with van der Waals surface area (Å²) in [6, 6.07) is 7.87. The standard InChI is InChI=1S/C19H18FN3O2/c1-11-8-15(14-6-5-13(20)10-16(14)21-11)19(24)23-7-3-4-17(23)18-9-12(2)22-25-18/h5-6,8-10,17H,3-4,7H2,1-2H3/t17-/m0/s1. The fourth-order valence-electron chi connectivity index (χ4n) is 3.51. The van der Waals surface area contributed by atoms with Gasteiger partial charge in [-0.25, -0.2) is 4.39 Å². The van der Waals surface area contributed by atoms with Crippen LogP contribution in [-0.2, 0) is 0 Å². The number of hydrogen-bond donors (Lipinski definition) is 0. The Morgan fingerprint density at radius 1 is 1.24 bits per heavy atom. The van der Waals surface area contributed by atoms with Gasteiger partial charge in [-0.3, -0.25) is 9.78 Å². The van der Waals surface area contributed by atoms with Crippen molar-refractivity contribution in [1.29, 1.82) is 0 Å². The maximum atomic E-state index is 13.5. The molecule has 6 heteroatoms. The molecule has 5 nitrogen and oxygen atoms in total. The highest BCUT2D eigenvalue weighted by Gasteiger charge is 2.34. The van der Waals surface area contributed by atoms with Gasteiger partial charge in [-0.05, 0) is 44.9 Å². The minimum absolute atomic E-state index is 0.0846. The molecule has 3 aromatic rings. The van der Waals surface area contributed by atoms with Crippen LogP contribution in [0.15, 0.2) is 34.9 Å². The van der Waals surface area contributed by atoms with Crippen LogP contribution in [0.1, 0.15) is 46.4 Å². The van der Waals surface area contributed by atoms with E-state index in [1.807, 2.05) is 24.8 Å². The lowest BCUT2D eigenvalue weighted by atomic mass is 10.1. The second-order valence-corrected chi connectivity index (χ2v) is 6.50. The van der Waals surface area contributed by atoms with Crippen molar-refractivity contribution in [3.05, 3.63) is 58.9 Å². The molecule has 128 valence electrons. The Kier molecular flexibility index (Phi) is 3.75. The third-order valence-electron chi connectivity index (χ3n) is 4.62. The average molecular weight is 339 g/mol. The fraction of sp³-hybridized carbons (Fsp3) is 0.316. The van der Waals surface area contributed by atoms with E-state index >= 15 is 0 Å². The van der Waals surface area contributed by atoms with Gasteiger partial charge >= 0.3 is 0 Å². The summed E-state index contributed by atoms with van der Waals surface area (Å²) >= 11 is 0. The fourth-order valence-corrected chi connectivity index (χ4v) is 3.51. The number of halogens is 1. The molecule has 1 atom stereocenters. The van der Waals surface area contributed by atoms with Gasteiger partial charge in [-0.2, -0.15) is 0 Å². The third kappa shape index (κ3) is 2.77. The van der Waals surface area contributed by atoms with Gasteiger partial charge in [0.1, 0.15) is 5.82 Å². The number of fused-ring (bicyclic) bond motifs is 1. The summed E-state index contributed by atoms with van der Waals surface area (Å²) in [5, 5.41) is 4.60. The maximum Gasteiger partial charge on any atom is 0.255 e. The van der Waals surface area contributed by atoms with Crippen LogP contribution in [0.4, 0.5) is 4.39 Å². The van der Waals surface area contributed by atoms with Crippen LogP contribution in [0.3, 0.4) is 0 Å². The molecule has 0 unspecified atom stereocenters. The molecule has 0 aliphatic carbocycles. The number of amides is 1. The second-order valence-electron chi connectivity index (χ2n) is 6.50. The lowest BCUT2D eigenvalue weighted by Gasteiger charge is -2.23. The van der Waals surface area contributed by atoms with Crippen molar-refractivity contribution in [2.45, 2.75) is 32.7 Å². The first kappa shape index (κ1) is 15.7. The number of carbonyl (C=O) groups excluding carboxylic acids is 1. The van der Waals surface area contributed by atoms with Gasteiger partial charge in [0.25, 0.3) is 5.91 Å². The van der Waals surface area contributed by atoms with E-state index in [-0.39, 0.29) is 17.8 Å². The molecule has 25 heavy (non-hydrogen) atoms. The number of hydrogen-bond acceptors (Lipinski definition) is 4. The van der Waals surface area contributed by atoms with E-state index in [0.29, 0.717) is 34.5 Å². The minimum Gasteiger partial charge on any atom is -0.359 e. The highest BCUT2D eigenvalue weighted by atomic mass is 19.1. The molecule has 3 heterocycles. The van der Waals surface area contributed by atoms with E-state index in [0.717, 1.165) is 18.5 Å². The van der Waals surface area contributed by atoms with E-state index in [9.17, 15) is 9.18 Å². The van der Waals surface area contributed by atoms with Gasteiger partial charge in [-0.1, -0.05) is 5.16 Å². The Morgan fingerprint density at radius 2 is 2.08 bits per heavy atom. The van der Waals surface area contributed by atoms with Gasteiger partial charge in [-0.15, -0.1) is 0 Å². The summed E-state index contributed by atoms with van der Waals surface area (Å²) in [4.78, 5) is 19.4. The summed E-state index contributed by atoms with van der Waals surface area (Å²) in [7, 11) is 0. The Bertz CT molecular complexity index is 961. The van der Waals surface area contributed by atoms with E-state index < -0.39 is 0 Å². The largest absolute Gasteiger partial charge is 0.359 e. The predicted molar refractivity (Wildman–Crippen MR) is 90.7 cm³/mol. The van der Waals surface area contributed by atoms with Crippen molar-refractivity contribution in [3.63, 3.8) is 0 Å². The van der Waals surface area contributed by atoms with Crippen LogP contribution < -0.4 is 0 Å². The summed E-state index contributed by atoms with van der Waals surface area (Å²) in [6.45, 7) is 4.33. The third-order valence-corrected chi connectivity index (χ3v) is 4.62. The quantitative estimate of drug-likeness (QED) is 0.709. The van der Waals surface area contributed by atoms with E-state index in [1.165, 1.54) is 12.1 Å². The number of benzene rings is 1. The molecule has 1 aliphatic heterocycles. The summed E-state index contributed by atoms with van der Waals surface area (Å²) < 4.78 is 18.9. The molecule has 1 amide bonds. The van der Waals surface area contributed by atoms with Gasteiger partial charge in [0.05, 0.1) is 22.8 Å². The lowest BCUT2D eigenvalue weighted by Crippen LogP contribution is -2.30. The number of aromatic nitrogens is 2. The zero-order chi connectivity index (χ0) is 17.6. The Balaban J connectivity index is 1.76. The summed E-state index contributed by atoms with van der Waals surface area (Å²) in [5.41, 5.74) is 2.53. The zero-order valence-electron chi connectivity index (χ0n) is 14.1. The van der Waals surface area contributed by atoms with Crippen molar-refractivity contribution in [2.75, 3.05) is 6.54 Å². The van der Waals surface area contributed by atoms with Crippen LogP contribution in [0.25, 0.3) is 10.9 Å². The van der Waals surface area contributed by atoms with Crippen molar-refractivity contribution in [3.8, 4) is 0 Å². The molecule has 1 saturated heterocycles. The van der Waals surface area contributed by atoms with Gasteiger partial charge in [0.15, 0.2) is 5.76 Å². The first-order valence-electron chi connectivity index (χ1n) is 8.34. The zero-order valence-corrected chi connectivity index (χ0v) is 14.1. The number of likely N-dealkylation sites (tertiary alicyclic amines) is 1. The molecule has 0 saturated carbocycles. The molecule has 0 N–H and O–H groups in total. The molecular weight excluding hydrogens is 321 g/mol. The average Bonchev–Trinajstić information content (AvgIpc) is 3.21. The van der Waals surface area contributed by atoms with Crippen LogP contribution in [-0.4, -0.2) is 27.5 Å². The molecule has 0 bridgehead atoms. The maximum absolute atomic E-state index is 13.5. The molecule has 4 rings (SSSR count). The number of carbonyl (C=O) groups is 1. The van der Waals surface area contributed by atoms with Crippen molar-refractivity contribution < 1.29 is 13.7 Å². The molecule has 1 fully saturated rings. The molecule has 0 radical (unpaired) electrons. The highest BCUT2D eigenvalue weighted by Crippen LogP contribution is 2.34. The van der Waals surface area contributed by atoms with Crippen LogP contribution >= 0.6 is 0 Å². The monoisotopic (exact) mass is 339 g/mol. The first-order valence-corrected chi connectivity index (χ1v) is 8.34. The SMILES string of the molecule is Cc1cc([C@@H]2CCCN2C(=O)c2cc(C)nc3cc(F)ccc23)on1. The van der Waals surface area contributed by atoms with Crippen molar-refractivity contribution >= 4 is 16.8 Å². The van der Waals surface area contributed by atoms with Crippen LogP contribution in [0, 0.1) is 19.7 Å². The molecule has 2 aromatic heterocycles. The Labute approximate surface area is 144 Å². The van der Waals surface area contributed by atoms with E-state index in [1.54, 1.807) is 12.1 Å². The topological polar surface area (TPSA) is 59.2 Å². The first-order chi connectivity index (χ1) is 12.0. The number of rotatable bonds is 2. The van der Waals surface area contributed by atoms with E-state index in [2.05, 4.69) is 10.1 Å². The lowest BCUT2D eigenvalue weighted by molar-refractivity contribution is 0.0716. The smallest absolute Gasteiger partial charge is 0.255 e. The Hall–Kier alpha value is -2.76. The molecular formula is C19H18FN3O2. The van der Waals surface area contributed by atoms with Gasteiger partial charge < -0.3 is 9.42 Å². The van der Waals surface area contributed by atoms with Gasteiger partial charge in [0, 0.05) is 29.8 Å². The molecule has 1 aromatic carbocycles. The predicted octanol–water partition coefficient (Wildman–Crippen LogP) is 3.96. The van der Waals surface area contributed by atoms with Crippen LogP contribution in [0.5, 0.6) is 0 Å². The van der Waals surface area contributed by atoms with Crippen molar-refractivity contribution in [1.82, 2.24) is 15.0 Å².